The van der Waals surface area contributed by atoms with Crippen molar-refractivity contribution in [3.05, 3.63) is 23.0 Å². The van der Waals surface area contributed by atoms with Crippen molar-refractivity contribution in [2.75, 3.05) is 5.32 Å². The first-order valence-corrected chi connectivity index (χ1v) is 5.34. The molecule has 0 saturated heterocycles. The van der Waals surface area contributed by atoms with Crippen LogP contribution in [0.3, 0.4) is 0 Å². The highest BCUT2D eigenvalue weighted by atomic mass is 32.1. The zero-order chi connectivity index (χ0) is 11.7. The molecule has 6 nitrogen and oxygen atoms in total. The number of carboxylic acids is 1. The minimum atomic E-state index is -0.964. The fraction of sp³-hybridized carbons (Fsp3) is 0.222. The smallest absolute Gasteiger partial charge is 0.347 e. The normalized spacial score (nSPS) is 10.4. The van der Waals surface area contributed by atoms with Crippen LogP contribution in [0.25, 0.3) is 0 Å². The molecule has 0 saturated carbocycles. The summed E-state index contributed by atoms with van der Waals surface area (Å²) >= 11 is 1.09. The molecule has 0 aromatic carbocycles. The van der Waals surface area contributed by atoms with Crippen LogP contribution in [0.1, 0.15) is 15.4 Å². The van der Waals surface area contributed by atoms with Crippen LogP contribution in [0.15, 0.2) is 12.4 Å². The van der Waals surface area contributed by atoms with Crippen LogP contribution < -0.4 is 5.32 Å². The van der Waals surface area contributed by atoms with Crippen molar-refractivity contribution in [3.63, 3.8) is 0 Å². The molecule has 0 unspecified atom stereocenters. The number of carbonyl (C=O) groups is 1. The number of aromatic nitrogens is 3. The molecule has 0 aliphatic heterocycles. The summed E-state index contributed by atoms with van der Waals surface area (Å²) in [6.07, 6.45) is 3.15. The van der Waals surface area contributed by atoms with Gasteiger partial charge < -0.3 is 10.4 Å². The van der Waals surface area contributed by atoms with Crippen LogP contribution in [0.5, 0.6) is 0 Å². The van der Waals surface area contributed by atoms with Gasteiger partial charge in [0, 0.05) is 13.2 Å². The number of aryl methyl sites for hydroxylation is 2. The first kappa shape index (κ1) is 10.6. The fourth-order valence-electron chi connectivity index (χ4n) is 1.27. The summed E-state index contributed by atoms with van der Waals surface area (Å²) in [6.45, 7) is 1.87. The number of nitrogens with zero attached hydrogens (tertiary/aromatic N) is 3. The van der Waals surface area contributed by atoms with E-state index >= 15 is 0 Å². The second-order valence-corrected chi connectivity index (χ2v) is 4.29. The van der Waals surface area contributed by atoms with Crippen molar-refractivity contribution >= 4 is 28.1 Å². The van der Waals surface area contributed by atoms with E-state index in [-0.39, 0.29) is 4.88 Å². The molecule has 2 N–H and O–H groups in total. The molecule has 16 heavy (non-hydrogen) atoms. The molecule has 2 rings (SSSR count). The van der Waals surface area contributed by atoms with E-state index < -0.39 is 5.97 Å². The van der Waals surface area contributed by atoms with E-state index in [0.29, 0.717) is 5.13 Å². The second kappa shape index (κ2) is 3.93. The van der Waals surface area contributed by atoms with Gasteiger partial charge in [0.2, 0.25) is 0 Å². The zero-order valence-electron chi connectivity index (χ0n) is 8.76. The summed E-state index contributed by atoms with van der Waals surface area (Å²) in [5.41, 5.74) is 1.67. The molecule has 0 amide bonds. The highest BCUT2D eigenvalue weighted by Crippen LogP contribution is 2.23. The van der Waals surface area contributed by atoms with Crippen LogP contribution in [0.4, 0.5) is 10.8 Å². The van der Waals surface area contributed by atoms with E-state index in [1.165, 1.54) is 6.20 Å². The molecule has 0 atom stereocenters. The zero-order valence-corrected chi connectivity index (χ0v) is 9.58. The molecule has 2 aromatic heterocycles. The number of hydrogen-bond donors (Lipinski definition) is 2. The van der Waals surface area contributed by atoms with Gasteiger partial charge in [-0.25, -0.2) is 9.78 Å². The molecule has 0 bridgehead atoms. The second-order valence-electron chi connectivity index (χ2n) is 3.26. The molecule has 7 heteroatoms. The molecule has 0 fully saturated rings. The van der Waals surface area contributed by atoms with E-state index in [9.17, 15) is 4.79 Å². The Morgan fingerprint density at radius 2 is 2.38 bits per heavy atom. The van der Waals surface area contributed by atoms with Crippen LogP contribution in [0, 0.1) is 6.92 Å². The lowest BCUT2D eigenvalue weighted by Crippen LogP contribution is -1.90. The lowest BCUT2D eigenvalue weighted by molar-refractivity contribution is 0.0702. The minimum Gasteiger partial charge on any atom is -0.477 e. The lowest BCUT2D eigenvalue weighted by Gasteiger charge is -1.97. The van der Waals surface area contributed by atoms with Crippen molar-refractivity contribution < 1.29 is 9.90 Å². The average molecular weight is 238 g/mol. The number of anilines is 2. The Hall–Kier alpha value is -1.89. The quantitative estimate of drug-likeness (QED) is 0.849. The third-order valence-corrected chi connectivity index (χ3v) is 2.87. The summed E-state index contributed by atoms with van der Waals surface area (Å²) in [7, 11) is 1.82. The predicted molar refractivity (Wildman–Crippen MR) is 60.3 cm³/mol. The number of aromatic carboxylic acids is 1. The van der Waals surface area contributed by atoms with Gasteiger partial charge >= 0.3 is 5.97 Å². The largest absolute Gasteiger partial charge is 0.477 e. The molecule has 0 aliphatic carbocycles. The fourth-order valence-corrected chi connectivity index (χ4v) is 1.94. The Kier molecular flexibility index (Phi) is 2.61. The van der Waals surface area contributed by atoms with E-state index in [4.69, 9.17) is 5.11 Å². The number of thiazole rings is 1. The Labute approximate surface area is 95.6 Å². The summed E-state index contributed by atoms with van der Waals surface area (Å²) in [4.78, 5) is 14.8. The Balaban J connectivity index is 2.20. The minimum absolute atomic E-state index is 0.212. The van der Waals surface area contributed by atoms with Crippen LogP contribution >= 0.6 is 11.3 Å². The van der Waals surface area contributed by atoms with E-state index in [1.54, 1.807) is 4.68 Å². The van der Waals surface area contributed by atoms with Gasteiger partial charge in [0.05, 0.1) is 17.6 Å². The van der Waals surface area contributed by atoms with Gasteiger partial charge in [-0.15, -0.1) is 0 Å². The Morgan fingerprint density at radius 3 is 2.88 bits per heavy atom. The van der Waals surface area contributed by atoms with Crippen molar-refractivity contribution in [1.82, 2.24) is 14.8 Å². The molecule has 0 aliphatic rings. The van der Waals surface area contributed by atoms with E-state index in [0.717, 1.165) is 22.7 Å². The first-order valence-electron chi connectivity index (χ1n) is 4.52. The average Bonchev–Trinajstić information content (AvgIpc) is 2.75. The maximum Gasteiger partial charge on any atom is 0.347 e. The van der Waals surface area contributed by atoms with Gasteiger partial charge in [0.1, 0.15) is 4.88 Å². The molecule has 0 radical (unpaired) electrons. The molecule has 2 aromatic rings. The third kappa shape index (κ3) is 2.03. The summed E-state index contributed by atoms with van der Waals surface area (Å²) in [6, 6.07) is 0. The number of carboxylic acid groups (broad SMARTS) is 1. The van der Waals surface area contributed by atoms with Crippen LogP contribution in [-0.4, -0.2) is 25.8 Å². The topological polar surface area (TPSA) is 80.0 Å². The van der Waals surface area contributed by atoms with E-state index in [2.05, 4.69) is 15.4 Å². The summed E-state index contributed by atoms with van der Waals surface area (Å²) < 4.78 is 1.68. The van der Waals surface area contributed by atoms with Gasteiger partial charge in [-0.3, -0.25) is 4.68 Å². The maximum atomic E-state index is 10.7. The third-order valence-electron chi connectivity index (χ3n) is 1.97. The van der Waals surface area contributed by atoms with Crippen molar-refractivity contribution in [2.24, 2.45) is 7.05 Å². The van der Waals surface area contributed by atoms with Crippen LogP contribution in [-0.2, 0) is 7.05 Å². The van der Waals surface area contributed by atoms with E-state index in [1.807, 2.05) is 20.2 Å². The number of hydrogen-bond acceptors (Lipinski definition) is 5. The summed E-state index contributed by atoms with van der Waals surface area (Å²) in [5.74, 6) is -0.964. The molecule has 2 heterocycles. The van der Waals surface area contributed by atoms with Crippen molar-refractivity contribution in [1.29, 1.82) is 0 Å². The van der Waals surface area contributed by atoms with Gasteiger partial charge in [0.25, 0.3) is 0 Å². The molecule has 0 spiro atoms. The van der Waals surface area contributed by atoms with Gasteiger partial charge in [-0.2, -0.15) is 5.10 Å². The molecule has 84 valence electrons. The van der Waals surface area contributed by atoms with Gasteiger partial charge in [-0.05, 0) is 6.92 Å². The van der Waals surface area contributed by atoms with Crippen LogP contribution in [0.2, 0.25) is 0 Å². The van der Waals surface area contributed by atoms with Gasteiger partial charge in [0.15, 0.2) is 5.13 Å². The van der Waals surface area contributed by atoms with Gasteiger partial charge in [-0.1, -0.05) is 11.3 Å². The van der Waals surface area contributed by atoms with Crippen molar-refractivity contribution in [3.8, 4) is 0 Å². The predicted octanol–water partition coefficient (Wildman–Crippen LogP) is 1.63. The first-order chi connectivity index (χ1) is 7.56. The summed E-state index contributed by atoms with van der Waals surface area (Å²) in [5, 5.41) is 16.5. The standard InChI is InChI=1S/C9H10N4O2S/c1-5-6(4-13(2)12-5)11-9-10-3-7(16-9)8(14)15/h3-4H,1-2H3,(H,10,11)(H,14,15). The SMILES string of the molecule is Cc1nn(C)cc1Nc1ncc(C(=O)O)s1. The molecular formula is C9H10N4O2S. The number of nitrogens with one attached hydrogen (secondary N) is 1. The van der Waals surface area contributed by atoms with Crippen molar-refractivity contribution in [2.45, 2.75) is 6.92 Å². The lowest BCUT2D eigenvalue weighted by atomic mass is 10.4. The Morgan fingerprint density at radius 1 is 1.62 bits per heavy atom. The molecular weight excluding hydrogens is 228 g/mol. The number of rotatable bonds is 3. The highest BCUT2D eigenvalue weighted by molar-refractivity contribution is 7.17. The highest BCUT2D eigenvalue weighted by Gasteiger charge is 2.10. The maximum absolute atomic E-state index is 10.7. The monoisotopic (exact) mass is 238 g/mol. The Bertz CT molecular complexity index is 531.